The molecule has 0 unspecified atom stereocenters. The van der Waals surface area contributed by atoms with Gasteiger partial charge in [-0.2, -0.15) is 11.8 Å². The Kier molecular flexibility index (Phi) is 7.55. The summed E-state index contributed by atoms with van der Waals surface area (Å²) in [5.41, 5.74) is 6.87. The number of thioether (sulfide) groups is 1. The van der Waals surface area contributed by atoms with Gasteiger partial charge in [-0.25, -0.2) is 4.39 Å². The Hall–Kier alpha value is -0.980. The van der Waals surface area contributed by atoms with E-state index in [1.165, 1.54) is 25.3 Å². The van der Waals surface area contributed by atoms with E-state index in [0.717, 1.165) is 17.1 Å². The second kappa shape index (κ2) is 9.02. The largest absolute Gasteiger partial charge is 0.320 e. The number of halogens is 1. The molecule has 0 saturated carbocycles. The van der Waals surface area contributed by atoms with Crippen LogP contribution in [0.5, 0.6) is 0 Å². The molecule has 0 heterocycles. The first-order valence-corrected chi connectivity index (χ1v) is 7.48. The van der Waals surface area contributed by atoms with E-state index in [1.54, 1.807) is 0 Å². The molecule has 0 aromatic heterocycles. The zero-order valence-electron chi connectivity index (χ0n) is 10.8. The van der Waals surface area contributed by atoms with Gasteiger partial charge in [-0.15, -0.1) is 0 Å². The van der Waals surface area contributed by atoms with Crippen LogP contribution >= 0.6 is 11.8 Å². The maximum atomic E-state index is 13.4. The van der Waals surface area contributed by atoms with Gasteiger partial charge < -0.3 is 5.73 Å². The lowest BCUT2D eigenvalue weighted by Gasteiger charge is -2.03. The van der Waals surface area contributed by atoms with Crippen LogP contribution < -0.4 is 5.73 Å². The van der Waals surface area contributed by atoms with Gasteiger partial charge in [0.15, 0.2) is 0 Å². The summed E-state index contributed by atoms with van der Waals surface area (Å²) >= 11 is 1.89. The van der Waals surface area contributed by atoms with Crippen molar-refractivity contribution in [2.24, 2.45) is 5.73 Å². The molecular weight excluding hydrogens is 245 g/mol. The monoisotopic (exact) mass is 265 g/mol. The second-order valence-electron chi connectivity index (χ2n) is 4.08. The van der Waals surface area contributed by atoms with E-state index >= 15 is 0 Å². The summed E-state index contributed by atoms with van der Waals surface area (Å²) < 4.78 is 13.4. The summed E-state index contributed by atoms with van der Waals surface area (Å²) in [5, 5.41) is 0. The molecular formula is C15H20FNS. The molecule has 18 heavy (non-hydrogen) atoms. The summed E-state index contributed by atoms with van der Waals surface area (Å²) in [6, 6.07) is 5.14. The van der Waals surface area contributed by atoms with Crippen molar-refractivity contribution >= 4 is 11.8 Å². The molecule has 3 heteroatoms. The highest BCUT2D eigenvalue weighted by molar-refractivity contribution is 7.98. The first kappa shape index (κ1) is 15.1. The lowest BCUT2D eigenvalue weighted by Crippen LogP contribution is -1.94. The predicted molar refractivity (Wildman–Crippen MR) is 78.0 cm³/mol. The molecule has 1 aromatic rings. The molecule has 0 aliphatic carbocycles. The van der Waals surface area contributed by atoms with Gasteiger partial charge in [0, 0.05) is 5.75 Å². The van der Waals surface area contributed by atoms with Crippen LogP contribution in [0.15, 0.2) is 18.2 Å². The summed E-state index contributed by atoms with van der Waals surface area (Å²) in [4.78, 5) is 0. The van der Waals surface area contributed by atoms with Crippen LogP contribution in [0.3, 0.4) is 0 Å². The lowest BCUT2D eigenvalue weighted by molar-refractivity contribution is 0.624. The standard InChI is InChI=1S/C15H20FNS/c1-2-3-4-10-18-12-13-7-8-15(16)14(11-13)6-5-9-17/h7-8,11H,2-4,9-10,12,17H2,1H3. The van der Waals surface area contributed by atoms with Gasteiger partial charge in [-0.3, -0.25) is 0 Å². The normalized spacial score (nSPS) is 9.94. The van der Waals surface area contributed by atoms with E-state index in [2.05, 4.69) is 18.8 Å². The summed E-state index contributed by atoms with van der Waals surface area (Å²) in [5.74, 6) is 7.26. The third-order valence-electron chi connectivity index (χ3n) is 2.52. The minimum Gasteiger partial charge on any atom is -0.320 e. The van der Waals surface area contributed by atoms with Crippen LogP contribution in [0.2, 0.25) is 0 Å². The fourth-order valence-electron chi connectivity index (χ4n) is 1.55. The molecule has 1 aromatic carbocycles. The number of nitrogens with two attached hydrogens (primary N) is 1. The highest BCUT2D eigenvalue weighted by Crippen LogP contribution is 2.17. The molecule has 0 atom stereocenters. The number of rotatable bonds is 6. The number of unbranched alkanes of at least 4 members (excludes halogenated alkanes) is 2. The van der Waals surface area contributed by atoms with Crippen LogP contribution in [-0.2, 0) is 5.75 Å². The van der Waals surface area contributed by atoms with Crippen molar-refractivity contribution in [1.82, 2.24) is 0 Å². The predicted octanol–water partition coefficient (Wildman–Crippen LogP) is 3.56. The third kappa shape index (κ3) is 5.57. The zero-order valence-corrected chi connectivity index (χ0v) is 11.7. The van der Waals surface area contributed by atoms with Gasteiger partial charge in [-0.1, -0.05) is 37.7 Å². The molecule has 1 rings (SSSR count). The van der Waals surface area contributed by atoms with Crippen LogP contribution in [0.4, 0.5) is 4.39 Å². The molecule has 98 valence electrons. The highest BCUT2D eigenvalue weighted by atomic mass is 32.2. The van der Waals surface area contributed by atoms with E-state index in [9.17, 15) is 4.39 Å². The van der Waals surface area contributed by atoms with Gasteiger partial charge in [0.05, 0.1) is 12.1 Å². The number of benzene rings is 1. The Morgan fingerprint density at radius 3 is 2.89 bits per heavy atom. The Morgan fingerprint density at radius 2 is 2.17 bits per heavy atom. The van der Waals surface area contributed by atoms with Crippen LogP contribution in [-0.4, -0.2) is 12.3 Å². The Labute approximate surface area is 113 Å². The van der Waals surface area contributed by atoms with E-state index < -0.39 is 0 Å². The van der Waals surface area contributed by atoms with Gasteiger partial charge in [-0.05, 0) is 29.9 Å². The van der Waals surface area contributed by atoms with Crippen molar-refractivity contribution in [1.29, 1.82) is 0 Å². The SMILES string of the molecule is CCCCCSCc1ccc(F)c(C#CCN)c1. The van der Waals surface area contributed by atoms with Crippen molar-refractivity contribution in [3.63, 3.8) is 0 Å². The summed E-state index contributed by atoms with van der Waals surface area (Å²) in [7, 11) is 0. The maximum Gasteiger partial charge on any atom is 0.138 e. The van der Waals surface area contributed by atoms with Crippen molar-refractivity contribution in [2.75, 3.05) is 12.3 Å². The molecule has 0 fully saturated rings. The van der Waals surface area contributed by atoms with Crippen LogP contribution in [0.1, 0.15) is 37.3 Å². The average Bonchev–Trinajstić information content (AvgIpc) is 2.39. The van der Waals surface area contributed by atoms with Crippen molar-refractivity contribution < 1.29 is 4.39 Å². The highest BCUT2D eigenvalue weighted by Gasteiger charge is 2.01. The first-order chi connectivity index (χ1) is 8.77. The molecule has 0 spiro atoms. The van der Waals surface area contributed by atoms with E-state index in [-0.39, 0.29) is 12.4 Å². The maximum absolute atomic E-state index is 13.4. The van der Waals surface area contributed by atoms with Crippen LogP contribution in [0.25, 0.3) is 0 Å². The van der Waals surface area contributed by atoms with E-state index in [0.29, 0.717) is 5.56 Å². The Bertz CT molecular complexity index is 420. The molecule has 0 saturated heterocycles. The second-order valence-corrected chi connectivity index (χ2v) is 5.18. The topological polar surface area (TPSA) is 26.0 Å². The Balaban J connectivity index is 2.51. The molecule has 2 N–H and O–H groups in total. The zero-order chi connectivity index (χ0) is 13.2. The summed E-state index contributed by atoms with van der Waals surface area (Å²) in [6.07, 6.45) is 3.78. The van der Waals surface area contributed by atoms with Crippen molar-refractivity contribution in [3.8, 4) is 11.8 Å². The molecule has 0 bridgehead atoms. The first-order valence-electron chi connectivity index (χ1n) is 6.33. The molecule has 0 amide bonds. The van der Waals surface area contributed by atoms with Gasteiger partial charge in [0.25, 0.3) is 0 Å². The van der Waals surface area contributed by atoms with Crippen molar-refractivity contribution in [3.05, 3.63) is 35.1 Å². The molecule has 0 aliphatic rings. The Morgan fingerprint density at radius 1 is 1.33 bits per heavy atom. The van der Waals surface area contributed by atoms with Gasteiger partial charge in [0.1, 0.15) is 5.82 Å². The van der Waals surface area contributed by atoms with E-state index in [4.69, 9.17) is 5.73 Å². The van der Waals surface area contributed by atoms with Crippen LogP contribution in [0, 0.1) is 17.7 Å². The number of hydrogen-bond donors (Lipinski definition) is 1. The fraction of sp³-hybridized carbons (Fsp3) is 0.467. The molecule has 1 nitrogen and oxygen atoms in total. The summed E-state index contributed by atoms with van der Waals surface area (Å²) in [6.45, 7) is 2.46. The molecule has 0 aliphatic heterocycles. The minimum absolute atomic E-state index is 0.259. The smallest absolute Gasteiger partial charge is 0.138 e. The minimum atomic E-state index is -0.268. The average molecular weight is 265 g/mol. The van der Waals surface area contributed by atoms with E-state index in [1.807, 2.05) is 23.9 Å². The van der Waals surface area contributed by atoms with Gasteiger partial charge >= 0.3 is 0 Å². The number of hydrogen-bond acceptors (Lipinski definition) is 2. The molecule has 0 radical (unpaired) electrons. The lowest BCUT2D eigenvalue weighted by atomic mass is 10.1. The van der Waals surface area contributed by atoms with Crippen molar-refractivity contribution in [2.45, 2.75) is 31.9 Å². The fourth-order valence-corrected chi connectivity index (χ4v) is 2.52. The third-order valence-corrected chi connectivity index (χ3v) is 3.63. The van der Waals surface area contributed by atoms with Gasteiger partial charge in [0.2, 0.25) is 0 Å². The quantitative estimate of drug-likeness (QED) is 0.628.